The second kappa shape index (κ2) is 11.6. The summed E-state index contributed by atoms with van der Waals surface area (Å²) in [5, 5.41) is 0. The Morgan fingerprint density at radius 2 is 0.940 bits per heavy atom. The molecule has 0 saturated carbocycles. The van der Waals surface area contributed by atoms with Gasteiger partial charge in [-0.1, -0.05) is 164 Å². The van der Waals surface area contributed by atoms with Crippen molar-refractivity contribution >= 4 is 22.5 Å². The summed E-state index contributed by atoms with van der Waals surface area (Å²) in [6.07, 6.45) is 8.02. The molecule has 0 radical (unpaired) electrons. The summed E-state index contributed by atoms with van der Waals surface area (Å²) < 4.78 is 0. The van der Waals surface area contributed by atoms with Gasteiger partial charge < -0.3 is 4.90 Å². The van der Waals surface area contributed by atoms with Crippen LogP contribution >= 0.6 is 0 Å². The maximum Gasteiger partial charge on any atom is 0.0536 e. The van der Waals surface area contributed by atoms with Crippen LogP contribution in [0.2, 0.25) is 0 Å². The fourth-order valence-corrected chi connectivity index (χ4v) is 8.25. The molecule has 7 aromatic rings. The van der Waals surface area contributed by atoms with Crippen LogP contribution in [-0.2, 0) is 0 Å². The minimum absolute atomic E-state index is 0.783. The standard InChI is InChI=1S/C49H33N/c1-3-15-33(16-4-1)35-19-11-20-36(31-35)50(47-30-10-9-22-38(47)34-17-5-2-6-18-34)37-21-12-25-40-43-27-14-28-44-45-29-13-26-42(49(45)46(40)32-37)39-23-7-8-24-41(39)48(43)44/h1-20,22-32H,21H2. The summed E-state index contributed by atoms with van der Waals surface area (Å²) in [5.41, 5.74) is 21.3. The van der Waals surface area contributed by atoms with Gasteiger partial charge in [0, 0.05) is 23.4 Å². The van der Waals surface area contributed by atoms with Gasteiger partial charge in [0.1, 0.15) is 0 Å². The summed E-state index contributed by atoms with van der Waals surface area (Å²) in [6, 6.07) is 62.0. The van der Waals surface area contributed by atoms with E-state index in [0.29, 0.717) is 0 Å². The third-order valence-electron chi connectivity index (χ3n) is 10.4. The Morgan fingerprint density at radius 1 is 0.380 bits per heavy atom. The Morgan fingerprint density at radius 3 is 1.72 bits per heavy atom. The molecule has 3 aliphatic rings. The van der Waals surface area contributed by atoms with Crippen LogP contribution in [0.1, 0.15) is 17.5 Å². The molecule has 6 bridgehead atoms. The Hall–Kier alpha value is -6.44. The highest BCUT2D eigenvalue weighted by molar-refractivity contribution is 6.17. The zero-order valence-corrected chi connectivity index (χ0v) is 27.6. The van der Waals surface area contributed by atoms with Gasteiger partial charge in [-0.05, 0) is 96.6 Å². The highest BCUT2D eigenvalue weighted by atomic mass is 15.2. The van der Waals surface area contributed by atoms with E-state index in [0.717, 1.165) is 17.8 Å². The maximum absolute atomic E-state index is 2.50. The molecule has 0 atom stereocenters. The van der Waals surface area contributed by atoms with E-state index in [1.807, 2.05) is 0 Å². The smallest absolute Gasteiger partial charge is 0.0536 e. The molecule has 0 unspecified atom stereocenters. The van der Waals surface area contributed by atoms with Gasteiger partial charge >= 0.3 is 0 Å². The first-order valence-electron chi connectivity index (χ1n) is 17.4. The minimum Gasteiger partial charge on any atom is -0.313 e. The van der Waals surface area contributed by atoms with Crippen molar-refractivity contribution in [2.75, 3.05) is 4.90 Å². The Balaban J connectivity index is 1.25. The molecule has 0 heterocycles. The van der Waals surface area contributed by atoms with Crippen molar-refractivity contribution < 1.29 is 0 Å². The number of rotatable bonds is 5. The van der Waals surface area contributed by atoms with Crippen LogP contribution in [0.5, 0.6) is 0 Å². The summed E-state index contributed by atoms with van der Waals surface area (Å²) >= 11 is 0. The van der Waals surface area contributed by atoms with Gasteiger partial charge in [0.2, 0.25) is 0 Å². The van der Waals surface area contributed by atoms with Crippen LogP contribution in [0, 0.1) is 0 Å². The molecule has 1 nitrogen and oxygen atoms in total. The second-order valence-electron chi connectivity index (χ2n) is 13.2. The van der Waals surface area contributed by atoms with Gasteiger partial charge in [0.25, 0.3) is 0 Å². The molecule has 0 aromatic heterocycles. The predicted molar refractivity (Wildman–Crippen MR) is 211 cm³/mol. The SMILES string of the molecule is C1=CC2=C(C=C(N(c3cccc(-c4ccccc4)c3)c3ccccc3-c3ccccc3)C1)c1c3cccc1-c1cccc2c1-c1ccccc1-3. The molecule has 0 aliphatic heterocycles. The van der Waals surface area contributed by atoms with Gasteiger partial charge in [-0.25, -0.2) is 0 Å². The van der Waals surface area contributed by atoms with Crippen LogP contribution in [0.4, 0.5) is 11.4 Å². The number of fused-ring (bicyclic) bond motifs is 3. The zero-order valence-electron chi connectivity index (χ0n) is 27.6. The topological polar surface area (TPSA) is 3.24 Å². The number of para-hydroxylation sites is 1. The Kier molecular flexibility index (Phi) is 6.63. The van der Waals surface area contributed by atoms with E-state index in [4.69, 9.17) is 0 Å². The molecule has 50 heavy (non-hydrogen) atoms. The lowest BCUT2D eigenvalue weighted by Crippen LogP contribution is -2.17. The summed E-state index contributed by atoms with van der Waals surface area (Å²) in [5.74, 6) is 0. The van der Waals surface area contributed by atoms with E-state index in [1.165, 1.54) is 83.6 Å². The van der Waals surface area contributed by atoms with Crippen molar-refractivity contribution in [1.82, 2.24) is 0 Å². The largest absolute Gasteiger partial charge is 0.313 e. The first kappa shape index (κ1) is 28.6. The van der Waals surface area contributed by atoms with Crippen LogP contribution < -0.4 is 4.90 Å². The Bertz CT molecular complexity index is 2550. The molecule has 0 N–H and O–H groups in total. The molecule has 7 aromatic carbocycles. The number of hydrogen-bond acceptors (Lipinski definition) is 1. The van der Waals surface area contributed by atoms with E-state index >= 15 is 0 Å². The molecule has 10 rings (SSSR count). The molecule has 0 fully saturated rings. The lowest BCUT2D eigenvalue weighted by atomic mass is 9.83. The van der Waals surface area contributed by atoms with Gasteiger partial charge in [0.15, 0.2) is 0 Å². The number of hydrogen-bond donors (Lipinski definition) is 0. The van der Waals surface area contributed by atoms with E-state index in [1.54, 1.807) is 0 Å². The van der Waals surface area contributed by atoms with E-state index in [-0.39, 0.29) is 0 Å². The lowest BCUT2D eigenvalue weighted by molar-refractivity contribution is 1.08. The van der Waals surface area contributed by atoms with E-state index in [2.05, 4.69) is 193 Å². The Labute approximate surface area is 293 Å². The van der Waals surface area contributed by atoms with Gasteiger partial charge in [-0.3, -0.25) is 0 Å². The van der Waals surface area contributed by atoms with Crippen molar-refractivity contribution in [2.24, 2.45) is 0 Å². The van der Waals surface area contributed by atoms with Crippen LogP contribution in [0.3, 0.4) is 0 Å². The van der Waals surface area contributed by atoms with Crippen molar-refractivity contribution in [1.29, 1.82) is 0 Å². The summed E-state index contributed by atoms with van der Waals surface area (Å²) in [6.45, 7) is 0. The normalized spacial score (nSPS) is 13.5. The third kappa shape index (κ3) is 4.48. The van der Waals surface area contributed by atoms with Crippen LogP contribution in [-0.4, -0.2) is 0 Å². The van der Waals surface area contributed by atoms with E-state index < -0.39 is 0 Å². The monoisotopic (exact) mass is 635 g/mol. The molecule has 234 valence electrons. The van der Waals surface area contributed by atoms with Crippen molar-refractivity contribution in [3.63, 3.8) is 0 Å². The van der Waals surface area contributed by atoms with Gasteiger partial charge in [-0.15, -0.1) is 0 Å². The number of nitrogens with zero attached hydrogens (tertiary/aromatic N) is 1. The quantitative estimate of drug-likeness (QED) is 0.182. The molecule has 0 spiro atoms. The average Bonchev–Trinajstić information content (AvgIpc) is 3.46. The molecular formula is C49H33N. The number of allylic oxidation sites excluding steroid dienone is 5. The van der Waals surface area contributed by atoms with E-state index in [9.17, 15) is 0 Å². The third-order valence-corrected chi connectivity index (χ3v) is 10.4. The summed E-state index contributed by atoms with van der Waals surface area (Å²) in [7, 11) is 0. The zero-order chi connectivity index (χ0) is 33.0. The van der Waals surface area contributed by atoms with Crippen molar-refractivity contribution in [3.05, 3.63) is 205 Å². The molecule has 1 heteroatoms. The molecule has 0 amide bonds. The summed E-state index contributed by atoms with van der Waals surface area (Å²) in [4.78, 5) is 2.50. The molecule has 3 aliphatic carbocycles. The highest BCUT2D eigenvalue weighted by Crippen LogP contribution is 2.55. The maximum atomic E-state index is 2.50. The van der Waals surface area contributed by atoms with Crippen molar-refractivity contribution in [3.8, 4) is 55.6 Å². The van der Waals surface area contributed by atoms with Crippen LogP contribution in [0.25, 0.3) is 66.8 Å². The van der Waals surface area contributed by atoms with Gasteiger partial charge in [0.05, 0.1) is 5.69 Å². The predicted octanol–water partition coefficient (Wildman–Crippen LogP) is 13.2. The molecule has 0 saturated heterocycles. The number of benzene rings is 7. The minimum atomic E-state index is 0.783. The van der Waals surface area contributed by atoms with Gasteiger partial charge in [-0.2, -0.15) is 0 Å². The second-order valence-corrected chi connectivity index (χ2v) is 13.2. The average molecular weight is 636 g/mol. The van der Waals surface area contributed by atoms with Crippen molar-refractivity contribution in [2.45, 2.75) is 6.42 Å². The lowest BCUT2D eigenvalue weighted by Gasteiger charge is -2.30. The first-order valence-corrected chi connectivity index (χ1v) is 17.4. The first-order chi connectivity index (χ1) is 24.8. The fraction of sp³-hybridized carbons (Fsp3) is 0.0204. The number of anilines is 2. The fourth-order valence-electron chi connectivity index (χ4n) is 8.25. The highest BCUT2D eigenvalue weighted by Gasteiger charge is 2.32. The molecular weight excluding hydrogens is 603 g/mol. The van der Waals surface area contributed by atoms with Crippen LogP contribution in [0.15, 0.2) is 194 Å².